The first kappa shape index (κ1) is 18.7. The van der Waals surface area contributed by atoms with E-state index in [0.717, 1.165) is 5.56 Å². The molecule has 2 aromatic rings. The van der Waals surface area contributed by atoms with Crippen molar-refractivity contribution in [3.8, 4) is 0 Å². The monoisotopic (exact) mass is 403 g/mol. The lowest BCUT2D eigenvalue weighted by Gasteiger charge is -2.49. The van der Waals surface area contributed by atoms with E-state index in [1.165, 1.54) is 0 Å². The zero-order valence-corrected chi connectivity index (χ0v) is 16.8. The number of anilines is 1. The Morgan fingerprint density at radius 1 is 1.25 bits per heavy atom. The number of halogens is 1. The maximum absolute atomic E-state index is 12.7. The van der Waals surface area contributed by atoms with Gasteiger partial charge in [0, 0.05) is 38.5 Å². The van der Waals surface area contributed by atoms with Crippen molar-refractivity contribution >= 4 is 29.2 Å². The van der Waals surface area contributed by atoms with E-state index >= 15 is 0 Å². The maximum atomic E-state index is 12.7. The van der Waals surface area contributed by atoms with Gasteiger partial charge in [0.15, 0.2) is 5.82 Å². The molecule has 3 amide bonds. The van der Waals surface area contributed by atoms with Gasteiger partial charge in [0.25, 0.3) is 0 Å². The summed E-state index contributed by atoms with van der Waals surface area (Å²) in [4.78, 5) is 32.5. The molecule has 148 valence electrons. The van der Waals surface area contributed by atoms with Crippen molar-refractivity contribution in [2.45, 2.75) is 26.7 Å². The van der Waals surface area contributed by atoms with Crippen LogP contribution in [-0.4, -0.2) is 58.1 Å². The van der Waals surface area contributed by atoms with Crippen LogP contribution < -0.4 is 5.32 Å². The summed E-state index contributed by atoms with van der Waals surface area (Å²) in [5.74, 6) is 1.02. The summed E-state index contributed by atoms with van der Waals surface area (Å²) in [6.45, 7) is 7.38. The fraction of sp³-hybridized carbons (Fsp3) is 0.474. The van der Waals surface area contributed by atoms with Crippen LogP contribution in [-0.2, 0) is 4.79 Å². The lowest BCUT2D eigenvalue weighted by Crippen LogP contribution is -2.62. The number of aromatic nitrogens is 2. The van der Waals surface area contributed by atoms with Gasteiger partial charge < -0.3 is 19.6 Å². The Morgan fingerprint density at radius 2 is 1.96 bits per heavy atom. The lowest BCUT2D eigenvalue weighted by molar-refractivity contribution is -0.128. The zero-order chi connectivity index (χ0) is 20.1. The Hall–Kier alpha value is -2.61. The standard InChI is InChI=1S/C19H22ClN5O3/c1-11-4-5-16(15(20)6-11)22-18(27)25-9-19(10-25)8-24(13(3)26)7-14(19)17-21-12(2)23-28-17/h4-6,14H,7-10H2,1-3H3,(H,22,27). The highest BCUT2D eigenvalue weighted by Crippen LogP contribution is 2.48. The summed E-state index contributed by atoms with van der Waals surface area (Å²) in [5, 5.41) is 7.25. The minimum absolute atomic E-state index is 0.00690. The number of likely N-dealkylation sites (tertiary alicyclic amines) is 2. The van der Waals surface area contributed by atoms with Gasteiger partial charge in [0.05, 0.1) is 16.6 Å². The summed E-state index contributed by atoms with van der Waals surface area (Å²) in [7, 11) is 0. The number of carbonyl (C=O) groups excluding carboxylic acids is 2. The minimum Gasteiger partial charge on any atom is -0.341 e. The van der Waals surface area contributed by atoms with Crippen LogP contribution in [0, 0.1) is 19.3 Å². The molecule has 2 aliphatic heterocycles. The van der Waals surface area contributed by atoms with Crippen molar-refractivity contribution in [3.63, 3.8) is 0 Å². The van der Waals surface area contributed by atoms with E-state index in [0.29, 0.717) is 48.6 Å². The first-order valence-corrected chi connectivity index (χ1v) is 9.53. The third-order valence-corrected chi connectivity index (χ3v) is 5.91. The summed E-state index contributed by atoms with van der Waals surface area (Å²) < 4.78 is 5.39. The molecule has 28 heavy (non-hydrogen) atoms. The molecule has 1 spiro atoms. The first-order valence-electron chi connectivity index (χ1n) is 9.15. The van der Waals surface area contributed by atoms with E-state index < -0.39 is 0 Å². The number of hydrogen-bond acceptors (Lipinski definition) is 5. The summed E-state index contributed by atoms with van der Waals surface area (Å²) in [5.41, 5.74) is 1.34. The summed E-state index contributed by atoms with van der Waals surface area (Å²) in [6.07, 6.45) is 0. The topological polar surface area (TPSA) is 91.6 Å². The second kappa shape index (κ2) is 6.77. The van der Waals surface area contributed by atoms with Gasteiger partial charge in [-0.2, -0.15) is 4.98 Å². The highest BCUT2D eigenvalue weighted by atomic mass is 35.5. The Bertz CT molecular complexity index is 937. The molecule has 0 bridgehead atoms. The fourth-order valence-corrected chi connectivity index (χ4v) is 4.38. The number of rotatable bonds is 2. The van der Waals surface area contributed by atoms with Crippen molar-refractivity contribution in [2.24, 2.45) is 5.41 Å². The zero-order valence-electron chi connectivity index (χ0n) is 16.0. The molecule has 1 aromatic heterocycles. The van der Waals surface area contributed by atoms with Crippen LogP contribution in [0.15, 0.2) is 22.7 Å². The number of benzene rings is 1. The molecule has 1 aromatic carbocycles. The number of urea groups is 1. The predicted molar refractivity (Wildman–Crippen MR) is 103 cm³/mol. The molecule has 9 heteroatoms. The Labute approximate surface area is 167 Å². The van der Waals surface area contributed by atoms with Crippen molar-refractivity contribution < 1.29 is 14.1 Å². The van der Waals surface area contributed by atoms with Crippen LogP contribution in [0.5, 0.6) is 0 Å². The second-order valence-electron chi connectivity index (χ2n) is 7.76. The van der Waals surface area contributed by atoms with Gasteiger partial charge >= 0.3 is 6.03 Å². The van der Waals surface area contributed by atoms with Gasteiger partial charge in [0.1, 0.15) is 0 Å². The minimum atomic E-state index is -0.265. The number of nitrogens with zero attached hydrogens (tertiary/aromatic N) is 4. The van der Waals surface area contributed by atoms with E-state index in [-0.39, 0.29) is 23.3 Å². The van der Waals surface area contributed by atoms with E-state index in [1.807, 2.05) is 19.1 Å². The fourth-order valence-electron chi connectivity index (χ4n) is 4.10. The largest absolute Gasteiger partial charge is 0.341 e. The van der Waals surface area contributed by atoms with Crippen LogP contribution in [0.3, 0.4) is 0 Å². The molecule has 4 rings (SSSR count). The molecule has 2 saturated heterocycles. The number of carbonyl (C=O) groups is 2. The van der Waals surface area contributed by atoms with Crippen LogP contribution in [0.1, 0.15) is 30.1 Å². The van der Waals surface area contributed by atoms with Crippen LogP contribution in [0.2, 0.25) is 5.02 Å². The molecule has 3 heterocycles. The molecule has 2 aliphatic rings. The molecule has 2 fully saturated rings. The van der Waals surface area contributed by atoms with Gasteiger partial charge in [-0.25, -0.2) is 4.79 Å². The SMILES string of the molecule is CC(=O)N1CC(c2nc(C)no2)C2(C1)CN(C(=O)Nc1ccc(C)cc1Cl)C2. The van der Waals surface area contributed by atoms with E-state index in [9.17, 15) is 9.59 Å². The highest BCUT2D eigenvalue weighted by Gasteiger charge is 2.58. The number of aryl methyl sites for hydroxylation is 2. The Morgan fingerprint density at radius 3 is 2.57 bits per heavy atom. The number of amides is 3. The van der Waals surface area contributed by atoms with Gasteiger partial charge in [-0.15, -0.1) is 0 Å². The molecule has 1 atom stereocenters. The first-order chi connectivity index (χ1) is 13.3. The third kappa shape index (κ3) is 3.22. The molecular weight excluding hydrogens is 382 g/mol. The van der Waals surface area contributed by atoms with E-state index in [4.69, 9.17) is 16.1 Å². The van der Waals surface area contributed by atoms with Crippen LogP contribution >= 0.6 is 11.6 Å². The van der Waals surface area contributed by atoms with Crippen LogP contribution in [0.25, 0.3) is 0 Å². The third-order valence-electron chi connectivity index (χ3n) is 5.60. The number of nitrogens with one attached hydrogen (secondary N) is 1. The van der Waals surface area contributed by atoms with E-state index in [2.05, 4.69) is 15.5 Å². The second-order valence-corrected chi connectivity index (χ2v) is 8.17. The molecular formula is C19H22ClN5O3. The molecule has 1 N–H and O–H groups in total. The van der Waals surface area contributed by atoms with Crippen molar-refractivity contribution in [1.82, 2.24) is 19.9 Å². The molecule has 0 aliphatic carbocycles. The number of hydrogen-bond donors (Lipinski definition) is 1. The smallest absolute Gasteiger partial charge is 0.321 e. The van der Waals surface area contributed by atoms with Gasteiger partial charge in [-0.1, -0.05) is 22.8 Å². The normalized spacial score (nSPS) is 20.4. The van der Waals surface area contributed by atoms with Crippen molar-refractivity contribution in [2.75, 3.05) is 31.5 Å². The highest BCUT2D eigenvalue weighted by molar-refractivity contribution is 6.33. The lowest BCUT2D eigenvalue weighted by atomic mass is 9.71. The molecule has 1 unspecified atom stereocenters. The summed E-state index contributed by atoms with van der Waals surface area (Å²) >= 11 is 6.21. The van der Waals surface area contributed by atoms with Crippen molar-refractivity contribution in [1.29, 1.82) is 0 Å². The average Bonchev–Trinajstić information content (AvgIpc) is 3.19. The molecule has 0 radical (unpaired) electrons. The van der Waals surface area contributed by atoms with Crippen molar-refractivity contribution in [3.05, 3.63) is 40.5 Å². The molecule has 8 nitrogen and oxygen atoms in total. The Balaban J connectivity index is 1.48. The van der Waals surface area contributed by atoms with Gasteiger partial charge in [-0.3, -0.25) is 4.79 Å². The Kier molecular flexibility index (Phi) is 4.53. The maximum Gasteiger partial charge on any atom is 0.321 e. The average molecular weight is 404 g/mol. The summed E-state index contributed by atoms with van der Waals surface area (Å²) in [6, 6.07) is 5.29. The quantitative estimate of drug-likeness (QED) is 0.832. The van der Waals surface area contributed by atoms with E-state index in [1.54, 1.807) is 29.7 Å². The van der Waals surface area contributed by atoms with Gasteiger partial charge in [0.2, 0.25) is 11.8 Å². The van der Waals surface area contributed by atoms with Crippen LogP contribution in [0.4, 0.5) is 10.5 Å². The predicted octanol–water partition coefficient (Wildman–Crippen LogP) is 2.82. The van der Waals surface area contributed by atoms with Gasteiger partial charge in [-0.05, 0) is 31.5 Å². The molecule has 0 saturated carbocycles.